The minimum Gasteiger partial charge on any atom is -0.406 e. The van der Waals surface area contributed by atoms with Gasteiger partial charge in [0.25, 0.3) is 5.91 Å². The first-order chi connectivity index (χ1) is 16.3. The van der Waals surface area contributed by atoms with E-state index in [4.69, 9.17) is 0 Å². The van der Waals surface area contributed by atoms with E-state index in [1.165, 1.54) is 24.3 Å². The number of benzene rings is 3. The Bertz CT molecular complexity index is 1230. The van der Waals surface area contributed by atoms with Crippen LogP contribution in [0.15, 0.2) is 97.3 Å². The second-order valence-electron chi connectivity index (χ2n) is 7.95. The van der Waals surface area contributed by atoms with Gasteiger partial charge in [-0.3, -0.25) is 4.79 Å². The molecule has 4 rings (SSSR count). The lowest BCUT2D eigenvalue weighted by molar-refractivity contribution is -0.274. The Morgan fingerprint density at radius 3 is 1.97 bits per heavy atom. The molecule has 0 bridgehead atoms. The monoisotopic (exact) mass is 464 g/mol. The Kier molecular flexibility index (Phi) is 6.72. The quantitative estimate of drug-likeness (QED) is 0.312. The predicted octanol–water partition coefficient (Wildman–Crippen LogP) is 6.53. The number of amides is 1. The van der Waals surface area contributed by atoms with Crippen molar-refractivity contribution in [2.45, 2.75) is 26.4 Å². The third-order valence-corrected chi connectivity index (χ3v) is 5.33. The van der Waals surface area contributed by atoms with Crippen LogP contribution in [0.3, 0.4) is 0 Å². The van der Waals surface area contributed by atoms with Gasteiger partial charge in [-0.15, -0.1) is 13.2 Å². The van der Waals surface area contributed by atoms with Crippen LogP contribution < -0.4 is 4.74 Å². The summed E-state index contributed by atoms with van der Waals surface area (Å²) in [7, 11) is 0. The van der Waals surface area contributed by atoms with E-state index in [0.717, 1.165) is 16.8 Å². The molecule has 1 amide bonds. The molecule has 0 aliphatic heterocycles. The number of ether oxygens (including phenoxy) is 1. The third kappa shape index (κ3) is 5.86. The van der Waals surface area contributed by atoms with Gasteiger partial charge >= 0.3 is 6.36 Å². The van der Waals surface area contributed by atoms with Crippen LogP contribution in [0.2, 0.25) is 0 Å². The van der Waals surface area contributed by atoms with Crippen molar-refractivity contribution < 1.29 is 22.7 Å². The topological polar surface area (TPSA) is 34.5 Å². The third-order valence-electron chi connectivity index (χ3n) is 5.33. The summed E-state index contributed by atoms with van der Waals surface area (Å²) in [4.78, 5) is 15.4. The van der Waals surface area contributed by atoms with Crippen molar-refractivity contribution in [3.8, 4) is 11.4 Å². The van der Waals surface area contributed by atoms with Crippen LogP contribution in [0, 0.1) is 6.92 Å². The molecule has 0 atom stereocenters. The van der Waals surface area contributed by atoms with Gasteiger partial charge in [0.15, 0.2) is 0 Å². The molecule has 0 aliphatic carbocycles. The van der Waals surface area contributed by atoms with Crippen molar-refractivity contribution in [1.29, 1.82) is 0 Å². The number of hydrogen-bond acceptors (Lipinski definition) is 2. The SMILES string of the molecule is Cc1ccc(CN(Cc2ccc(OC(F)(F)F)cc2)C(=O)c2ccccc2-n2cccc2)cc1. The fourth-order valence-electron chi connectivity index (χ4n) is 3.68. The van der Waals surface area contributed by atoms with Gasteiger partial charge in [-0.25, -0.2) is 0 Å². The van der Waals surface area contributed by atoms with Gasteiger partial charge < -0.3 is 14.2 Å². The number of aromatic nitrogens is 1. The standard InChI is InChI=1S/C27H23F3N2O2/c1-20-8-10-21(11-9-20)18-32(19-22-12-14-23(15-13-22)34-27(28,29)30)26(33)24-6-2-3-7-25(24)31-16-4-5-17-31/h2-17H,18-19H2,1H3. The van der Waals surface area contributed by atoms with Crippen molar-refractivity contribution in [2.75, 3.05) is 0 Å². The van der Waals surface area contributed by atoms with E-state index in [9.17, 15) is 18.0 Å². The highest BCUT2D eigenvalue weighted by molar-refractivity contribution is 5.97. The molecule has 0 spiro atoms. The first kappa shape index (κ1) is 23.2. The Morgan fingerprint density at radius 1 is 0.824 bits per heavy atom. The molecule has 1 heterocycles. The van der Waals surface area contributed by atoms with Gasteiger partial charge in [0.05, 0.1) is 11.3 Å². The molecule has 0 saturated carbocycles. The van der Waals surface area contributed by atoms with Crippen molar-refractivity contribution in [1.82, 2.24) is 9.47 Å². The molecule has 4 aromatic rings. The molecular weight excluding hydrogens is 441 g/mol. The zero-order chi connectivity index (χ0) is 24.1. The smallest absolute Gasteiger partial charge is 0.406 e. The Balaban J connectivity index is 1.64. The number of aryl methyl sites for hydroxylation is 1. The molecule has 1 aromatic heterocycles. The lowest BCUT2D eigenvalue weighted by Crippen LogP contribution is -2.31. The normalized spacial score (nSPS) is 11.3. The van der Waals surface area contributed by atoms with Gasteiger partial charge in [-0.2, -0.15) is 0 Å². The average molecular weight is 464 g/mol. The number of para-hydroxylation sites is 1. The molecule has 0 radical (unpaired) electrons. The van der Waals surface area contributed by atoms with Gasteiger partial charge in [-0.05, 0) is 54.4 Å². The van der Waals surface area contributed by atoms with Crippen LogP contribution in [-0.4, -0.2) is 21.7 Å². The van der Waals surface area contributed by atoms with Crippen LogP contribution in [-0.2, 0) is 13.1 Å². The summed E-state index contributed by atoms with van der Waals surface area (Å²) in [5.74, 6) is -0.480. The van der Waals surface area contributed by atoms with Gasteiger partial charge in [0, 0.05) is 25.5 Å². The lowest BCUT2D eigenvalue weighted by atomic mass is 10.1. The summed E-state index contributed by atoms with van der Waals surface area (Å²) in [6, 6.07) is 24.6. The van der Waals surface area contributed by atoms with Crippen LogP contribution in [0.5, 0.6) is 5.75 Å². The summed E-state index contributed by atoms with van der Waals surface area (Å²) in [6.07, 6.45) is -1.01. The average Bonchev–Trinajstić information content (AvgIpc) is 3.35. The highest BCUT2D eigenvalue weighted by Gasteiger charge is 2.31. The molecule has 4 nitrogen and oxygen atoms in total. The Hall–Kier alpha value is -4.00. The molecule has 0 aliphatic rings. The number of hydrogen-bond donors (Lipinski definition) is 0. The largest absolute Gasteiger partial charge is 0.573 e. The lowest BCUT2D eigenvalue weighted by Gasteiger charge is -2.25. The fourth-order valence-corrected chi connectivity index (χ4v) is 3.68. The highest BCUT2D eigenvalue weighted by atomic mass is 19.4. The van der Waals surface area contributed by atoms with Crippen molar-refractivity contribution >= 4 is 5.91 Å². The predicted molar refractivity (Wildman–Crippen MR) is 124 cm³/mol. The van der Waals surface area contributed by atoms with Crippen molar-refractivity contribution in [2.24, 2.45) is 0 Å². The van der Waals surface area contributed by atoms with Crippen molar-refractivity contribution in [3.63, 3.8) is 0 Å². The molecule has 3 aromatic carbocycles. The maximum absolute atomic E-state index is 13.7. The zero-order valence-corrected chi connectivity index (χ0v) is 18.5. The van der Waals surface area contributed by atoms with Crippen molar-refractivity contribution in [3.05, 3.63) is 120 Å². The van der Waals surface area contributed by atoms with Crippen LogP contribution in [0.4, 0.5) is 13.2 Å². The highest BCUT2D eigenvalue weighted by Crippen LogP contribution is 2.24. The first-order valence-electron chi connectivity index (χ1n) is 10.7. The van der Waals surface area contributed by atoms with E-state index < -0.39 is 6.36 Å². The second kappa shape index (κ2) is 9.87. The summed E-state index contributed by atoms with van der Waals surface area (Å²) in [5.41, 5.74) is 4.03. The van der Waals surface area contributed by atoms with Crippen LogP contribution in [0.25, 0.3) is 5.69 Å². The maximum Gasteiger partial charge on any atom is 0.573 e. The Labute approximate surface area is 195 Å². The number of alkyl halides is 3. The van der Waals surface area contributed by atoms with E-state index in [0.29, 0.717) is 17.7 Å². The number of nitrogens with zero attached hydrogens (tertiary/aromatic N) is 2. The summed E-state index contributed by atoms with van der Waals surface area (Å²) in [5, 5.41) is 0. The minimum absolute atomic E-state index is 0.180. The maximum atomic E-state index is 13.7. The Morgan fingerprint density at radius 2 is 1.38 bits per heavy atom. The van der Waals surface area contributed by atoms with Gasteiger partial charge in [0.1, 0.15) is 5.75 Å². The first-order valence-corrected chi connectivity index (χ1v) is 10.7. The molecule has 0 unspecified atom stereocenters. The molecule has 174 valence electrons. The minimum atomic E-state index is -4.75. The van der Waals surface area contributed by atoms with E-state index in [2.05, 4.69) is 4.74 Å². The van der Waals surface area contributed by atoms with Crippen LogP contribution >= 0.6 is 0 Å². The zero-order valence-electron chi connectivity index (χ0n) is 18.5. The van der Waals surface area contributed by atoms with E-state index in [1.54, 1.807) is 11.0 Å². The summed E-state index contributed by atoms with van der Waals surface area (Å²) in [6.45, 7) is 2.56. The molecule has 7 heteroatoms. The molecule has 0 saturated heterocycles. The number of carbonyl (C=O) groups excluding carboxylic acids is 1. The number of carbonyl (C=O) groups is 1. The molecule has 0 N–H and O–H groups in total. The molecule has 34 heavy (non-hydrogen) atoms. The molecule has 0 fully saturated rings. The van der Waals surface area contributed by atoms with Gasteiger partial charge in [-0.1, -0.05) is 54.1 Å². The number of halogens is 3. The van der Waals surface area contributed by atoms with Gasteiger partial charge in [0.2, 0.25) is 0 Å². The summed E-state index contributed by atoms with van der Waals surface area (Å²) < 4.78 is 43.3. The fraction of sp³-hybridized carbons (Fsp3) is 0.148. The molecular formula is C27H23F3N2O2. The summed E-state index contributed by atoms with van der Waals surface area (Å²) >= 11 is 0. The second-order valence-corrected chi connectivity index (χ2v) is 7.95. The van der Waals surface area contributed by atoms with E-state index in [1.807, 2.05) is 78.5 Å². The van der Waals surface area contributed by atoms with E-state index in [-0.39, 0.29) is 18.2 Å². The number of rotatable bonds is 7. The van der Waals surface area contributed by atoms with E-state index >= 15 is 0 Å². The van der Waals surface area contributed by atoms with Crippen LogP contribution in [0.1, 0.15) is 27.0 Å².